The quantitative estimate of drug-likeness (QED) is 0.826. The monoisotopic (exact) mass is 273 g/mol. The van der Waals surface area contributed by atoms with Gasteiger partial charge in [0, 0.05) is 18.6 Å². The van der Waals surface area contributed by atoms with Crippen molar-refractivity contribution >= 4 is 6.09 Å². The molecule has 3 rings (SSSR count). The van der Waals surface area contributed by atoms with Crippen molar-refractivity contribution in [2.75, 3.05) is 6.61 Å². The number of nitrogens with one attached hydrogen (secondary N) is 1. The van der Waals surface area contributed by atoms with Crippen molar-refractivity contribution in [3.63, 3.8) is 0 Å². The lowest BCUT2D eigenvalue weighted by Crippen LogP contribution is -2.44. The largest absolute Gasteiger partial charge is 0.445 e. The molecule has 0 heterocycles. The highest BCUT2D eigenvalue weighted by Gasteiger charge is 2.44. The second-order valence-electron chi connectivity index (χ2n) is 5.53. The Morgan fingerprint density at radius 3 is 2.75 bits per heavy atom. The van der Waals surface area contributed by atoms with E-state index in [2.05, 4.69) is 17.5 Å². The minimum atomic E-state index is -0.404. The van der Waals surface area contributed by atoms with Gasteiger partial charge in [-0.1, -0.05) is 42.5 Å². The number of benzene rings is 1. The molecule has 2 N–H and O–H groups in total. The summed E-state index contributed by atoms with van der Waals surface area (Å²) in [7, 11) is 0. The van der Waals surface area contributed by atoms with Crippen molar-refractivity contribution in [1.29, 1.82) is 0 Å². The van der Waals surface area contributed by atoms with E-state index >= 15 is 0 Å². The van der Waals surface area contributed by atoms with Gasteiger partial charge in [-0.25, -0.2) is 4.79 Å². The lowest BCUT2D eigenvalue weighted by Gasteiger charge is -2.26. The number of ether oxygens (including phenoxy) is 1. The molecule has 0 radical (unpaired) electrons. The normalized spacial score (nSPS) is 30.4. The van der Waals surface area contributed by atoms with Crippen molar-refractivity contribution in [2.24, 2.45) is 17.8 Å². The van der Waals surface area contributed by atoms with Crippen LogP contribution in [0.1, 0.15) is 12.0 Å². The summed E-state index contributed by atoms with van der Waals surface area (Å²) >= 11 is 0. The molecule has 0 spiro atoms. The summed E-state index contributed by atoms with van der Waals surface area (Å²) < 4.78 is 5.23. The molecule has 1 fully saturated rings. The van der Waals surface area contributed by atoms with Crippen molar-refractivity contribution in [2.45, 2.75) is 19.1 Å². The number of rotatable bonds is 4. The van der Waals surface area contributed by atoms with E-state index in [1.807, 2.05) is 30.3 Å². The van der Waals surface area contributed by atoms with Gasteiger partial charge in [0.15, 0.2) is 0 Å². The van der Waals surface area contributed by atoms with Crippen LogP contribution < -0.4 is 5.32 Å². The molecule has 0 aromatic heterocycles. The van der Waals surface area contributed by atoms with E-state index in [1.54, 1.807) is 0 Å². The number of aliphatic hydroxyl groups excluding tert-OH is 1. The first-order valence-corrected chi connectivity index (χ1v) is 7.04. The smallest absolute Gasteiger partial charge is 0.407 e. The molecule has 1 aromatic carbocycles. The molecule has 1 amide bonds. The van der Waals surface area contributed by atoms with Gasteiger partial charge < -0.3 is 15.2 Å². The van der Waals surface area contributed by atoms with Crippen molar-refractivity contribution in [3.8, 4) is 0 Å². The maximum Gasteiger partial charge on any atom is 0.407 e. The Labute approximate surface area is 118 Å². The van der Waals surface area contributed by atoms with E-state index in [-0.39, 0.29) is 25.2 Å². The Morgan fingerprint density at radius 2 is 2.00 bits per heavy atom. The Balaban J connectivity index is 1.53. The highest BCUT2D eigenvalue weighted by Crippen LogP contribution is 2.43. The van der Waals surface area contributed by atoms with Crippen LogP contribution >= 0.6 is 0 Å². The molecule has 1 saturated carbocycles. The molecule has 0 aliphatic heterocycles. The zero-order chi connectivity index (χ0) is 13.9. The fraction of sp³-hybridized carbons (Fsp3) is 0.438. The fourth-order valence-corrected chi connectivity index (χ4v) is 3.29. The molecule has 1 aromatic rings. The van der Waals surface area contributed by atoms with E-state index in [1.165, 1.54) is 0 Å². The number of aliphatic hydroxyl groups is 1. The van der Waals surface area contributed by atoms with Crippen molar-refractivity contribution in [1.82, 2.24) is 5.32 Å². The lowest BCUT2D eigenvalue weighted by molar-refractivity contribution is 0.122. The summed E-state index contributed by atoms with van der Waals surface area (Å²) in [6.07, 6.45) is 4.91. The van der Waals surface area contributed by atoms with Gasteiger partial charge in [-0.3, -0.25) is 0 Å². The summed E-state index contributed by atoms with van der Waals surface area (Å²) in [4.78, 5) is 11.9. The molecule has 20 heavy (non-hydrogen) atoms. The molecule has 4 nitrogen and oxygen atoms in total. The summed E-state index contributed by atoms with van der Waals surface area (Å²) in [6.45, 7) is 0.377. The average molecular weight is 273 g/mol. The van der Waals surface area contributed by atoms with Gasteiger partial charge in [-0.05, 0) is 23.8 Å². The number of amides is 1. The standard InChI is InChI=1S/C16H19NO3/c18-9-14-12-6-7-13(8-12)15(14)17-16(19)20-10-11-4-2-1-3-5-11/h1-7,12-15,18H,8-10H2,(H,17,19)/t12-,13+,14+,15-/m0/s1. The van der Waals surface area contributed by atoms with Crippen LogP contribution in [0.5, 0.6) is 0 Å². The van der Waals surface area contributed by atoms with Crippen LogP contribution in [0, 0.1) is 17.8 Å². The number of allylic oxidation sites excluding steroid dienone is 1. The van der Waals surface area contributed by atoms with Gasteiger partial charge in [0.2, 0.25) is 0 Å². The van der Waals surface area contributed by atoms with Crippen LogP contribution in [0.2, 0.25) is 0 Å². The van der Waals surface area contributed by atoms with Crippen LogP contribution in [0.4, 0.5) is 4.79 Å². The number of fused-ring (bicyclic) bond motifs is 2. The maximum atomic E-state index is 11.9. The van der Waals surface area contributed by atoms with E-state index in [4.69, 9.17) is 4.74 Å². The van der Waals surface area contributed by atoms with Crippen molar-refractivity contribution in [3.05, 3.63) is 48.0 Å². The third kappa shape index (κ3) is 2.56. The molecule has 0 saturated heterocycles. The topological polar surface area (TPSA) is 58.6 Å². The average Bonchev–Trinajstić information content (AvgIpc) is 3.07. The SMILES string of the molecule is O=C(N[C@@H]1[C@H](CO)[C@H]2C=C[C@@H]1C2)OCc1ccccc1. The van der Waals surface area contributed by atoms with Crippen LogP contribution in [-0.2, 0) is 11.3 Å². The molecular weight excluding hydrogens is 254 g/mol. The van der Waals surface area contributed by atoms with Gasteiger partial charge in [-0.2, -0.15) is 0 Å². The first-order valence-electron chi connectivity index (χ1n) is 7.04. The zero-order valence-electron chi connectivity index (χ0n) is 11.2. The highest BCUT2D eigenvalue weighted by atomic mass is 16.5. The van der Waals surface area contributed by atoms with E-state index in [0.29, 0.717) is 11.8 Å². The van der Waals surface area contributed by atoms with Gasteiger partial charge in [0.1, 0.15) is 6.61 Å². The second kappa shape index (κ2) is 5.67. The first-order chi connectivity index (χ1) is 9.78. The van der Waals surface area contributed by atoms with Crippen LogP contribution in [-0.4, -0.2) is 23.8 Å². The molecule has 4 heteroatoms. The predicted molar refractivity (Wildman–Crippen MR) is 74.9 cm³/mol. The molecule has 0 unspecified atom stereocenters. The zero-order valence-corrected chi connectivity index (χ0v) is 11.2. The number of hydrogen-bond donors (Lipinski definition) is 2. The Bertz CT molecular complexity index is 500. The van der Waals surface area contributed by atoms with Gasteiger partial charge in [-0.15, -0.1) is 0 Å². The Morgan fingerprint density at radius 1 is 1.25 bits per heavy atom. The fourth-order valence-electron chi connectivity index (χ4n) is 3.29. The molecule has 4 atom stereocenters. The van der Waals surface area contributed by atoms with Crippen molar-refractivity contribution < 1.29 is 14.6 Å². The number of carbonyl (C=O) groups is 1. The van der Waals surface area contributed by atoms with E-state index in [0.717, 1.165) is 12.0 Å². The summed E-state index contributed by atoms with van der Waals surface area (Å²) in [5.74, 6) is 0.847. The summed E-state index contributed by atoms with van der Waals surface area (Å²) in [5, 5.41) is 12.4. The number of alkyl carbamates (subject to hydrolysis) is 1. The Hall–Kier alpha value is -1.81. The molecule has 2 bridgehead atoms. The molecule has 106 valence electrons. The maximum absolute atomic E-state index is 11.9. The molecule has 2 aliphatic carbocycles. The van der Waals surface area contributed by atoms with Crippen LogP contribution in [0.3, 0.4) is 0 Å². The first kappa shape index (κ1) is 13.2. The number of hydrogen-bond acceptors (Lipinski definition) is 3. The van der Waals surface area contributed by atoms with Gasteiger partial charge in [0.05, 0.1) is 0 Å². The van der Waals surface area contributed by atoms with Gasteiger partial charge in [0.25, 0.3) is 0 Å². The molecular formula is C16H19NO3. The lowest BCUT2D eigenvalue weighted by atomic mass is 9.90. The van der Waals surface area contributed by atoms with E-state index in [9.17, 15) is 9.90 Å². The second-order valence-corrected chi connectivity index (χ2v) is 5.53. The van der Waals surface area contributed by atoms with E-state index < -0.39 is 6.09 Å². The van der Waals surface area contributed by atoms with Crippen LogP contribution in [0.15, 0.2) is 42.5 Å². The Kier molecular flexibility index (Phi) is 3.74. The summed E-state index contributed by atoms with van der Waals surface area (Å²) in [6, 6.07) is 9.60. The summed E-state index contributed by atoms with van der Waals surface area (Å²) in [5.41, 5.74) is 0.967. The number of carbonyl (C=O) groups excluding carboxylic acids is 1. The highest BCUT2D eigenvalue weighted by molar-refractivity contribution is 5.68. The van der Waals surface area contributed by atoms with Gasteiger partial charge >= 0.3 is 6.09 Å². The minimum absolute atomic E-state index is 0.00160. The third-order valence-electron chi connectivity index (χ3n) is 4.33. The molecule has 2 aliphatic rings. The third-order valence-corrected chi connectivity index (χ3v) is 4.33. The minimum Gasteiger partial charge on any atom is -0.445 e. The van der Waals surface area contributed by atoms with Crippen LogP contribution in [0.25, 0.3) is 0 Å². The predicted octanol–water partition coefficient (Wildman–Crippen LogP) is 2.10.